The van der Waals surface area contributed by atoms with Gasteiger partial charge in [-0.25, -0.2) is 0 Å². The van der Waals surface area contributed by atoms with Crippen molar-refractivity contribution in [3.63, 3.8) is 0 Å². The van der Waals surface area contributed by atoms with Gasteiger partial charge in [-0.3, -0.25) is 4.98 Å². The van der Waals surface area contributed by atoms with Gasteiger partial charge in [0.1, 0.15) is 0 Å². The Labute approximate surface area is 233 Å². The number of aryl methyl sites for hydroxylation is 2. The van der Waals surface area contributed by atoms with Crippen molar-refractivity contribution in [2.75, 3.05) is 0 Å². The lowest BCUT2D eigenvalue weighted by molar-refractivity contribution is 0.544. The van der Waals surface area contributed by atoms with Crippen LogP contribution in [0.3, 0.4) is 0 Å². The summed E-state index contributed by atoms with van der Waals surface area (Å²) in [7, 11) is 0. The van der Waals surface area contributed by atoms with Gasteiger partial charge in [0.15, 0.2) is 0 Å². The lowest BCUT2D eigenvalue weighted by Gasteiger charge is -2.21. The number of hydrogen-bond acceptors (Lipinski definition) is 1. The first kappa shape index (κ1) is 34.6. The third-order valence-corrected chi connectivity index (χ3v) is 6.90. The van der Waals surface area contributed by atoms with Crippen molar-refractivity contribution < 1.29 is 0 Å². The molecule has 2 nitrogen and oxygen atoms in total. The topological polar surface area (TPSA) is 17.8 Å². The number of nitrogens with zero attached hydrogens (tertiary/aromatic N) is 2. The van der Waals surface area contributed by atoms with Gasteiger partial charge in [0.25, 0.3) is 0 Å². The zero-order valence-corrected chi connectivity index (χ0v) is 20.9. The molecule has 2 aromatic heterocycles. The van der Waals surface area contributed by atoms with Crippen LogP contribution in [0.2, 0.25) is 0 Å². The third kappa shape index (κ3) is 7.81. The molecule has 5 aromatic rings. The number of pyridine rings is 1. The molecule has 0 aliphatic rings. The molecule has 0 saturated carbocycles. The molecule has 2 heteroatoms. The average molecular weight is 513 g/mol. The molecular weight excluding hydrogens is 460 g/mol. The molecule has 0 bridgehead atoms. The van der Waals surface area contributed by atoms with E-state index in [2.05, 4.69) is 103 Å². The summed E-state index contributed by atoms with van der Waals surface area (Å²) < 4.78 is 2.45. The van der Waals surface area contributed by atoms with E-state index in [-0.39, 0.29) is 29.7 Å². The van der Waals surface area contributed by atoms with Gasteiger partial charge >= 0.3 is 0 Å². The summed E-state index contributed by atoms with van der Waals surface area (Å²) in [5, 5.41) is 2.74. The Kier molecular flexibility index (Phi) is 15.0. The molecule has 0 spiro atoms. The summed E-state index contributed by atoms with van der Waals surface area (Å²) >= 11 is 0. The first-order chi connectivity index (χ1) is 16.6. The van der Waals surface area contributed by atoms with Crippen molar-refractivity contribution in [1.29, 1.82) is 0 Å². The molecule has 0 radical (unpaired) electrons. The van der Waals surface area contributed by atoms with E-state index in [0.717, 1.165) is 12.2 Å². The number of benzene rings is 3. The smallest absolute Gasteiger partial charge is 0.0494 e. The van der Waals surface area contributed by atoms with Crippen molar-refractivity contribution in [3.05, 3.63) is 114 Å². The maximum atomic E-state index is 3.98. The van der Waals surface area contributed by atoms with Crippen LogP contribution in [0.1, 0.15) is 92.0 Å². The standard InChI is InChI=1S/C26H29N.C6H7N.4CH4/c1-4-20(21-11-7-6-8-12-21)17-19(3)22-15-16-24-23-13-9-10-14-25(23)27(5-2)26(24)18-22;1-6-4-2-3-5-7-6;;;;/h6-16,18-20H,4-5,17H2,1-3H3;2-5H,1H3;4*1H4. The van der Waals surface area contributed by atoms with E-state index in [1.165, 1.54) is 45.8 Å². The number of hydrogen-bond donors (Lipinski definition) is 0. The Hall–Kier alpha value is -3.39. The largest absolute Gasteiger partial charge is 0.341 e. The number of fused-ring (bicyclic) bond motifs is 3. The molecule has 2 heterocycles. The Balaban J connectivity index is 0.00000109. The molecule has 2 unspecified atom stereocenters. The highest BCUT2D eigenvalue weighted by atomic mass is 15.0. The first-order valence-corrected chi connectivity index (χ1v) is 12.6. The molecule has 2 atom stereocenters. The molecule has 0 aliphatic carbocycles. The second-order valence-corrected chi connectivity index (χ2v) is 9.16. The van der Waals surface area contributed by atoms with Crippen LogP contribution < -0.4 is 0 Å². The Morgan fingerprint density at radius 1 is 0.684 bits per heavy atom. The van der Waals surface area contributed by atoms with Gasteiger partial charge in [-0.1, -0.05) is 110 Å². The lowest BCUT2D eigenvalue weighted by atomic mass is 9.84. The second kappa shape index (κ2) is 16.5. The first-order valence-electron chi connectivity index (χ1n) is 12.6. The van der Waals surface area contributed by atoms with Crippen molar-refractivity contribution in [3.8, 4) is 0 Å². The maximum Gasteiger partial charge on any atom is 0.0494 e. The van der Waals surface area contributed by atoms with Gasteiger partial charge in [-0.15, -0.1) is 0 Å². The Bertz CT molecular complexity index is 1320. The van der Waals surface area contributed by atoms with Crippen LogP contribution in [-0.2, 0) is 6.54 Å². The third-order valence-electron chi connectivity index (χ3n) is 6.90. The summed E-state index contributed by atoms with van der Waals surface area (Å²) in [6.07, 6.45) is 4.17. The van der Waals surface area contributed by atoms with E-state index in [4.69, 9.17) is 0 Å². The molecule has 0 aliphatic heterocycles. The molecular formula is C36H52N2. The van der Waals surface area contributed by atoms with Crippen molar-refractivity contribution in [1.82, 2.24) is 9.55 Å². The van der Waals surface area contributed by atoms with Gasteiger partial charge < -0.3 is 4.57 Å². The Morgan fingerprint density at radius 3 is 1.89 bits per heavy atom. The molecule has 38 heavy (non-hydrogen) atoms. The van der Waals surface area contributed by atoms with Crippen LogP contribution in [0.15, 0.2) is 97.2 Å². The van der Waals surface area contributed by atoms with Gasteiger partial charge in [0, 0.05) is 40.2 Å². The second-order valence-electron chi connectivity index (χ2n) is 9.16. The predicted molar refractivity (Wildman–Crippen MR) is 174 cm³/mol. The fraction of sp³-hybridized carbons (Fsp3) is 0.361. The summed E-state index contributed by atoms with van der Waals surface area (Å²) in [5.74, 6) is 1.16. The van der Waals surface area contributed by atoms with Crippen LogP contribution in [0.25, 0.3) is 21.8 Å². The van der Waals surface area contributed by atoms with Crippen molar-refractivity contribution in [2.45, 2.75) is 88.6 Å². The minimum absolute atomic E-state index is 0. The lowest BCUT2D eigenvalue weighted by Crippen LogP contribution is -2.04. The number of rotatable bonds is 6. The van der Waals surface area contributed by atoms with Crippen LogP contribution in [0.5, 0.6) is 0 Å². The molecule has 3 aromatic carbocycles. The van der Waals surface area contributed by atoms with E-state index in [9.17, 15) is 0 Å². The molecule has 206 valence electrons. The highest BCUT2D eigenvalue weighted by molar-refractivity contribution is 6.08. The number of para-hydroxylation sites is 1. The molecule has 0 amide bonds. The quantitative estimate of drug-likeness (QED) is 0.221. The molecule has 5 rings (SSSR count). The van der Waals surface area contributed by atoms with E-state index in [0.29, 0.717) is 11.8 Å². The van der Waals surface area contributed by atoms with Crippen LogP contribution in [-0.4, -0.2) is 9.55 Å². The summed E-state index contributed by atoms with van der Waals surface area (Å²) in [6.45, 7) is 9.90. The van der Waals surface area contributed by atoms with Gasteiger partial charge in [-0.2, -0.15) is 0 Å². The molecule has 0 fully saturated rings. The zero-order valence-electron chi connectivity index (χ0n) is 20.9. The fourth-order valence-electron chi connectivity index (χ4n) is 4.99. The summed E-state index contributed by atoms with van der Waals surface area (Å²) in [6, 6.07) is 32.7. The average Bonchev–Trinajstić information content (AvgIpc) is 3.21. The van der Waals surface area contributed by atoms with Crippen LogP contribution in [0, 0.1) is 6.92 Å². The van der Waals surface area contributed by atoms with Gasteiger partial charge in [0.2, 0.25) is 0 Å². The van der Waals surface area contributed by atoms with E-state index in [1.807, 2.05) is 25.1 Å². The van der Waals surface area contributed by atoms with Crippen molar-refractivity contribution in [2.24, 2.45) is 0 Å². The van der Waals surface area contributed by atoms with Crippen molar-refractivity contribution >= 4 is 21.8 Å². The van der Waals surface area contributed by atoms with Crippen LogP contribution >= 0.6 is 0 Å². The summed E-state index contributed by atoms with van der Waals surface area (Å²) in [5.41, 5.74) is 6.71. The minimum Gasteiger partial charge on any atom is -0.341 e. The predicted octanol–water partition coefficient (Wildman–Crippen LogP) is 11.4. The van der Waals surface area contributed by atoms with E-state index >= 15 is 0 Å². The summed E-state index contributed by atoms with van der Waals surface area (Å²) in [4.78, 5) is 3.98. The molecule has 0 saturated heterocycles. The fourth-order valence-corrected chi connectivity index (χ4v) is 4.99. The maximum absolute atomic E-state index is 3.98. The van der Waals surface area contributed by atoms with Gasteiger partial charge in [-0.05, 0) is 73.9 Å². The zero-order chi connectivity index (χ0) is 23.9. The SMILES string of the molecule is C.C.C.C.CCC(CC(C)c1ccc2c3ccccc3n(CC)c2c1)c1ccccc1.Cc1ccccn1. The highest BCUT2D eigenvalue weighted by Gasteiger charge is 2.17. The van der Waals surface area contributed by atoms with Crippen LogP contribution in [0.4, 0.5) is 0 Å². The Morgan fingerprint density at radius 2 is 1.32 bits per heavy atom. The molecule has 0 N–H and O–H groups in total. The normalized spacial score (nSPS) is 11.5. The number of aromatic nitrogens is 2. The highest BCUT2D eigenvalue weighted by Crippen LogP contribution is 2.35. The van der Waals surface area contributed by atoms with E-state index < -0.39 is 0 Å². The van der Waals surface area contributed by atoms with E-state index in [1.54, 1.807) is 6.20 Å². The minimum atomic E-state index is 0. The van der Waals surface area contributed by atoms with Gasteiger partial charge in [0.05, 0.1) is 0 Å². The monoisotopic (exact) mass is 512 g/mol.